The zero-order valence-electron chi connectivity index (χ0n) is 17.8. The van der Waals surface area contributed by atoms with E-state index in [0.29, 0.717) is 42.3 Å². The summed E-state index contributed by atoms with van der Waals surface area (Å²) in [5.74, 6) is -0.188. The highest BCUT2D eigenvalue weighted by atomic mass is 19.1. The molecule has 2 aromatic heterocycles. The number of hydrogen-bond donors (Lipinski definition) is 2. The first-order valence-corrected chi connectivity index (χ1v) is 10.5. The Morgan fingerprint density at radius 3 is 2.97 bits per heavy atom. The molecule has 1 amide bonds. The molecule has 2 aliphatic heterocycles. The highest BCUT2D eigenvalue weighted by Crippen LogP contribution is 2.32. The van der Waals surface area contributed by atoms with Gasteiger partial charge in [-0.25, -0.2) is 14.1 Å². The monoisotopic (exact) mass is 448 g/mol. The second kappa shape index (κ2) is 8.27. The number of anilines is 1. The number of aromatic nitrogens is 3. The predicted molar refractivity (Wildman–Crippen MR) is 116 cm³/mol. The first-order chi connectivity index (χ1) is 16.0. The van der Waals surface area contributed by atoms with Crippen LogP contribution in [-0.4, -0.2) is 58.2 Å². The molecule has 1 fully saturated rings. The topological polar surface area (TPSA) is 116 Å². The number of aliphatic hydroxyl groups is 1. The van der Waals surface area contributed by atoms with E-state index in [1.807, 2.05) is 17.0 Å². The van der Waals surface area contributed by atoms with E-state index < -0.39 is 11.9 Å². The molecule has 168 valence electrons. The van der Waals surface area contributed by atoms with E-state index in [-0.39, 0.29) is 35.4 Å². The number of carbonyl (C=O) groups is 1. The smallest absolute Gasteiger partial charge is 0.255 e. The highest BCUT2D eigenvalue weighted by molar-refractivity contribution is 6.01. The number of nitriles is 1. The number of aliphatic hydroxyl groups excluding tert-OH is 1. The van der Waals surface area contributed by atoms with E-state index in [4.69, 9.17) is 4.74 Å². The molecule has 5 rings (SSSR count). The van der Waals surface area contributed by atoms with Crippen molar-refractivity contribution in [2.24, 2.45) is 0 Å². The zero-order valence-corrected chi connectivity index (χ0v) is 17.8. The van der Waals surface area contributed by atoms with Crippen molar-refractivity contribution in [2.45, 2.75) is 25.2 Å². The minimum absolute atomic E-state index is 0.0868. The molecule has 0 radical (unpaired) electrons. The number of nitrogens with one attached hydrogen (secondary N) is 1. The number of fused-ring (bicyclic) bond motifs is 1. The van der Waals surface area contributed by atoms with Crippen LogP contribution in [0.1, 0.15) is 28.0 Å². The van der Waals surface area contributed by atoms with E-state index in [2.05, 4.69) is 15.4 Å². The number of pyridine rings is 1. The maximum Gasteiger partial charge on any atom is 0.255 e. The third-order valence-electron chi connectivity index (χ3n) is 6.08. The molecule has 2 N–H and O–H groups in total. The number of ether oxygens (including phenoxy) is 1. The standard InChI is InChI=1S/C23H21FN6O3/c1-33-19-12-29(7-5-18(19)31)20-6-8-30(28-20)17-9-15(27-16-11-26-23(32)22(16)17)21-13(10-25)3-2-4-14(21)24/h2-4,6,8-9,18-19,31H,5,7,11-12H2,1H3,(H,26,32). The van der Waals surface area contributed by atoms with Crippen LogP contribution in [0, 0.1) is 17.1 Å². The summed E-state index contributed by atoms with van der Waals surface area (Å²) in [5.41, 5.74) is 1.79. The van der Waals surface area contributed by atoms with E-state index in [1.54, 1.807) is 24.1 Å². The van der Waals surface area contributed by atoms with Gasteiger partial charge < -0.3 is 20.1 Å². The molecule has 1 aromatic carbocycles. The second-order valence-electron chi connectivity index (χ2n) is 8.00. The summed E-state index contributed by atoms with van der Waals surface area (Å²) in [5, 5.41) is 26.9. The zero-order chi connectivity index (χ0) is 23.1. The van der Waals surface area contributed by atoms with Crippen LogP contribution in [0.2, 0.25) is 0 Å². The molecule has 2 aliphatic rings. The quantitative estimate of drug-likeness (QED) is 0.625. The number of carbonyl (C=O) groups excluding carboxylic acids is 1. The predicted octanol–water partition coefficient (Wildman–Crippen LogP) is 1.77. The van der Waals surface area contributed by atoms with Crippen molar-refractivity contribution in [1.29, 1.82) is 5.26 Å². The van der Waals surface area contributed by atoms with Crippen LogP contribution in [-0.2, 0) is 11.3 Å². The molecular weight excluding hydrogens is 427 g/mol. The summed E-state index contributed by atoms with van der Waals surface area (Å²) in [7, 11) is 1.56. The van der Waals surface area contributed by atoms with Gasteiger partial charge in [0, 0.05) is 32.5 Å². The fourth-order valence-corrected chi connectivity index (χ4v) is 4.36. The summed E-state index contributed by atoms with van der Waals surface area (Å²) >= 11 is 0. The minimum Gasteiger partial charge on any atom is -0.390 e. The van der Waals surface area contributed by atoms with Gasteiger partial charge in [-0.2, -0.15) is 10.4 Å². The molecule has 10 heteroatoms. The maximum absolute atomic E-state index is 14.7. The summed E-state index contributed by atoms with van der Waals surface area (Å²) in [6.07, 6.45) is 1.42. The average molecular weight is 448 g/mol. The Morgan fingerprint density at radius 2 is 2.18 bits per heavy atom. The molecule has 3 aromatic rings. The Kier molecular flexibility index (Phi) is 5.28. The van der Waals surface area contributed by atoms with Gasteiger partial charge in [0.05, 0.1) is 52.5 Å². The Hall–Kier alpha value is -3.81. The summed E-state index contributed by atoms with van der Waals surface area (Å²) in [6, 6.07) is 9.67. The molecule has 0 spiro atoms. The van der Waals surface area contributed by atoms with Gasteiger partial charge in [0.1, 0.15) is 11.9 Å². The molecule has 4 heterocycles. The van der Waals surface area contributed by atoms with Gasteiger partial charge in [-0.05, 0) is 24.6 Å². The van der Waals surface area contributed by atoms with Crippen LogP contribution in [0.5, 0.6) is 0 Å². The molecule has 33 heavy (non-hydrogen) atoms. The van der Waals surface area contributed by atoms with Crippen molar-refractivity contribution in [3.63, 3.8) is 0 Å². The van der Waals surface area contributed by atoms with Crippen LogP contribution in [0.15, 0.2) is 36.5 Å². The van der Waals surface area contributed by atoms with Crippen molar-refractivity contribution in [3.05, 3.63) is 59.2 Å². The number of halogens is 1. The van der Waals surface area contributed by atoms with Crippen LogP contribution >= 0.6 is 0 Å². The van der Waals surface area contributed by atoms with Crippen LogP contribution in [0.4, 0.5) is 10.2 Å². The first kappa shape index (κ1) is 21.1. The molecular formula is C23H21FN6O3. The molecule has 0 saturated carbocycles. The Balaban J connectivity index is 1.59. The van der Waals surface area contributed by atoms with Gasteiger partial charge in [0.15, 0.2) is 5.82 Å². The van der Waals surface area contributed by atoms with Gasteiger partial charge in [-0.15, -0.1) is 0 Å². The van der Waals surface area contributed by atoms with Crippen LogP contribution < -0.4 is 10.2 Å². The Morgan fingerprint density at radius 1 is 1.33 bits per heavy atom. The second-order valence-corrected chi connectivity index (χ2v) is 8.00. The lowest BCUT2D eigenvalue weighted by Crippen LogP contribution is -2.47. The fraction of sp³-hybridized carbons (Fsp3) is 0.304. The third kappa shape index (κ3) is 3.61. The summed E-state index contributed by atoms with van der Waals surface area (Å²) < 4.78 is 21.6. The first-order valence-electron chi connectivity index (χ1n) is 10.5. The van der Waals surface area contributed by atoms with Crippen molar-refractivity contribution in [2.75, 3.05) is 25.1 Å². The number of rotatable bonds is 4. The Labute approximate surface area is 189 Å². The molecule has 2 unspecified atom stereocenters. The minimum atomic E-state index is -0.566. The number of amides is 1. The largest absolute Gasteiger partial charge is 0.390 e. The molecule has 1 saturated heterocycles. The van der Waals surface area contributed by atoms with Crippen molar-refractivity contribution < 1.29 is 19.0 Å². The highest BCUT2D eigenvalue weighted by Gasteiger charge is 2.30. The van der Waals surface area contributed by atoms with Crippen LogP contribution in [0.25, 0.3) is 16.9 Å². The van der Waals surface area contributed by atoms with Gasteiger partial charge >= 0.3 is 0 Å². The number of nitrogens with zero attached hydrogens (tertiary/aromatic N) is 5. The fourth-order valence-electron chi connectivity index (χ4n) is 4.36. The van der Waals surface area contributed by atoms with Crippen molar-refractivity contribution >= 4 is 11.7 Å². The van der Waals surface area contributed by atoms with Crippen molar-refractivity contribution in [3.8, 4) is 23.0 Å². The number of hydrogen-bond acceptors (Lipinski definition) is 7. The summed E-state index contributed by atoms with van der Waals surface area (Å²) in [4.78, 5) is 19.0. The SMILES string of the molecule is COC1CN(c2ccn(-c3cc(-c4c(F)cccc4C#N)nc4c3C(=O)NC4)n2)CCC1O. The molecule has 9 nitrogen and oxygen atoms in total. The lowest BCUT2D eigenvalue weighted by atomic mass is 10.0. The van der Waals surface area contributed by atoms with E-state index in [0.717, 1.165) is 0 Å². The van der Waals surface area contributed by atoms with Gasteiger partial charge in [0.25, 0.3) is 5.91 Å². The number of benzene rings is 1. The van der Waals surface area contributed by atoms with Crippen LogP contribution in [0.3, 0.4) is 0 Å². The van der Waals surface area contributed by atoms with E-state index >= 15 is 0 Å². The Bertz CT molecular complexity index is 1280. The lowest BCUT2D eigenvalue weighted by molar-refractivity contribution is -0.0207. The van der Waals surface area contributed by atoms with E-state index in [1.165, 1.54) is 18.2 Å². The molecule has 0 bridgehead atoms. The summed E-state index contributed by atoms with van der Waals surface area (Å²) in [6.45, 7) is 1.30. The van der Waals surface area contributed by atoms with Gasteiger partial charge in [-0.1, -0.05) is 6.07 Å². The average Bonchev–Trinajstić information content (AvgIpc) is 3.46. The maximum atomic E-state index is 14.7. The lowest BCUT2D eigenvalue weighted by Gasteiger charge is -2.35. The molecule has 0 aliphatic carbocycles. The van der Waals surface area contributed by atoms with E-state index in [9.17, 15) is 19.6 Å². The molecule has 2 atom stereocenters. The van der Waals surface area contributed by atoms with Gasteiger partial charge in [-0.3, -0.25) is 4.79 Å². The third-order valence-corrected chi connectivity index (χ3v) is 6.08. The number of methoxy groups -OCH3 is 1. The number of piperidine rings is 1. The van der Waals surface area contributed by atoms with Gasteiger partial charge in [0.2, 0.25) is 0 Å². The normalized spacial score (nSPS) is 19.8. The van der Waals surface area contributed by atoms with Crippen molar-refractivity contribution in [1.82, 2.24) is 20.1 Å².